The van der Waals surface area contributed by atoms with Crippen LogP contribution in [0.4, 0.5) is 0 Å². The van der Waals surface area contributed by atoms with E-state index in [1.54, 1.807) is 0 Å². The van der Waals surface area contributed by atoms with Crippen LogP contribution in [0.2, 0.25) is 0 Å². The summed E-state index contributed by atoms with van der Waals surface area (Å²) < 4.78 is 0. The topological polar surface area (TPSA) is 20.2 Å². The van der Waals surface area contributed by atoms with Gasteiger partial charge in [0.05, 0.1) is 6.10 Å². The molecule has 2 aromatic carbocycles. The second kappa shape index (κ2) is 4.02. The molecule has 0 saturated heterocycles. The van der Waals surface area contributed by atoms with Gasteiger partial charge in [-0.15, -0.1) is 0 Å². The molecule has 2 unspecified atom stereocenters. The van der Waals surface area contributed by atoms with Gasteiger partial charge in [-0.2, -0.15) is 0 Å². The highest BCUT2D eigenvalue weighted by atomic mass is 16.3. The van der Waals surface area contributed by atoms with E-state index in [0.717, 1.165) is 6.42 Å². The van der Waals surface area contributed by atoms with Crippen LogP contribution in [0.1, 0.15) is 56.4 Å². The monoisotopic (exact) mass is 292 g/mol. The molecule has 22 heavy (non-hydrogen) atoms. The van der Waals surface area contributed by atoms with Crippen molar-refractivity contribution in [1.29, 1.82) is 0 Å². The second-order valence-electron chi connectivity index (χ2n) is 8.25. The summed E-state index contributed by atoms with van der Waals surface area (Å²) in [5.74, 6) is 0. The van der Waals surface area contributed by atoms with E-state index >= 15 is 0 Å². The third-order valence-corrected chi connectivity index (χ3v) is 6.11. The first-order chi connectivity index (χ1) is 10.3. The van der Waals surface area contributed by atoms with Crippen molar-refractivity contribution < 1.29 is 5.11 Å². The average Bonchev–Trinajstić information content (AvgIpc) is 2.84. The normalized spacial score (nSPS) is 30.3. The van der Waals surface area contributed by atoms with Crippen LogP contribution in [-0.4, -0.2) is 11.2 Å². The largest absolute Gasteiger partial charge is 0.391 e. The Morgan fingerprint density at radius 1 is 0.773 bits per heavy atom. The lowest BCUT2D eigenvalue weighted by Crippen LogP contribution is -2.43. The van der Waals surface area contributed by atoms with Gasteiger partial charge in [-0.25, -0.2) is 0 Å². The van der Waals surface area contributed by atoms with Crippen LogP contribution < -0.4 is 0 Å². The predicted octanol–water partition coefficient (Wildman–Crippen LogP) is 4.31. The molecular formula is C21H24O. The quantitative estimate of drug-likeness (QED) is 0.767. The predicted molar refractivity (Wildman–Crippen MR) is 90.3 cm³/mol. The van der Waals surface area contributed by atoms with Crippen molar-refractivity contribution in [3.63, 3.8) is 0 Å². The van der Waals surface area contributed by atoms with Crippen molar-refractivity contribution >= 4 is 0 Å². The van der Waals surface area contributed by atoms with Crippen LogP contribution in [0.15, 0.2) is 48.5 Å². The first-order valence-corrected chi connectivity index (χ1v) is 8.20. The molecule has 2 aromatic rings. The average molecular weight is 292 g/mol. The van der Waals surface area contributed by atoms with Gasteiger partial charge in [-0.3, -0.25) is 0 Å². The van der Waals surface area contributed by atoms with E-state index in [9.17, 15) is 5.11 Å². The highest BCUT2D eigenvalue weighted by Gasteiger charge is 2.61. The third-order valence-electron chi connectivity index (χ3n) is 6.11. The number of aliphatic hydroxyl groups is 1. The zero-order chi connectivity index (χ0) is 15.8. The van der Waals surface area contributed by atoms with Crippen LogP contribution in [0.3, 0.4) is 0 Å². The molecule has 0 bridgehead atoms. The Morgan fingerprint density at radius 2 is 1.23 bits per heavy atom. The number of benzene rings is 2. The van der Waals surface area contributed by atoms with Gasteiger partial charge in [-0.1, -0.05) is 76.2 Å². The fourth-order valence-corrected chi connectivity index (χ4v) is 5.18. The van der Waals surface area contributed by atoms with Gasteiger partial charge in [0.1, 0.15) is 0 Å². The number of hydrogen-bond donors (Lipinski definition) is 1. The lowest BCUT2D eigenvalue weighted by molar-refractivity contribution is 0.0530. The summed E-state index contributed by atoms with van der Waals surface area (Å²) in [6.45, 7) is 8.97. The Kier molecular flexibility index (Phi) is 2.56. The van der Waals surface area contributed by atoms with Crippen LogP contribution in [0.25, 0.3) is 0 Å². The molecule has 2 aliphatic carbocycles. The summed E-state index contributed by atoms with van der Waals surface area (Å²) in [5.41, 5.74) is 4.95. The maximum atomic E-state index is 11.4. The van der Waals surface area contributed by atoms with Crippen molar-refractivity contribution in [2.24, 2.45) is 0 Å². The molecule has 2 atom stereocenters. The summed E-state index contributed by atoms with van der Waals surface area (Å²) in [7, 11) is 0. The van der Waals surface area contributed by atoms with Gasteiger partial charge in [0.2, 0.25) is 0 Å². The lowest BCUT2D eigenvalue weighted by atomic mass is 9.70. The van der Waals surface area contributed by atoms with Crippen LogP contribution in [0, 0.1) is 0 Å². The van der Waals surface area contributed by atoms with Crippen LogP contribution in [0.5, 0.6) is 0 Å². The maximum Gasteiger partial charge on any atom is 0.0769 e. The summed E-state index contributed by atoms with van der Waals surface area (Å²) in [5, 5.41) is 11.4. The zero-order valence-electron chi connectivity index (χ0n) is 13.9. The number of fused-ring (bicyclic) bond motifs is 4. The van der Waals surface area contributed by atoms with E-state index in [4.69, 9.17) is 0 Å². The minimum Gasteiger partial charge on any atom is -0.391 e. The lowest BCUT2D eigenvalue weighted by Gasteiger charge is -2.36. The Morgan fingerprint density at radius 3 is 1.82 bits per heavy atom. The fraction of sp³-hybridized carbons (Fsp3) is 0.429. The van der Waals surface area contributed by atoms with E-state index < -0.39 is 0 Å². The van der Waals surface area contributed by atoms with Crippen LogP contribution in [-0.2, 0) is 16.2 Å². The van der Waals surface area contributed by atoms with Gasteiger partial charge < -0.3 is 5.11 Å². The molecule has 0 heterocycles. The van der Waals surface area contributed by atoms with E-state index in [1.807, 2.05) is 0 Å². The second-order valence-corrected chi connectivity index (χ2v) is 8.25. The molecule has 1 N–H and O–H groups in total. The minimum atomic E-state index is -0.389. The van der Waals surface area contributed by atoms with Crippen molar-refractivity contribution in [1.82, 2.24) is 0 Å². The van der Waals surface area contributed by atoms with E-state index in [0.29, 0.717) is 0 Å². The van der Waals surface area contributed by atoms with Crippen molar-refractivity contribution in [2.75, 3.05) is 0 Å². The SMILES string of the molecule is CC1(C)CC2(c3ccccc31)c1ccccc1C(C)(C)C2O. The molecule has 0 saturated carbocycles. The minimum absolute atomic E-state index is 0.0884. The Balaban J connectivity index is 2.09. The van der Waals surface area contributed by atoms with Crippen molar-refractivity contribution in [3.8, 4) is 0 Å². The summed E-state index contributed by atoms with van der Waals surface area (Å²) in [6, 6.07) is 17.3. The van der Waals surface area contributed by atoms with Gasteiger partial charge >= 0.3 is 0 Å². The highest BCUT2D eigenvalue weighted by Crippen LogP contribution is 2.62. The van der Waals surface area contributed by atoms with E-state index in [2.05, 4.69) is 76.2 Å². The maximum absolute atomic E-state index is 11.4. The Hall–Kier alpha value is -1.60. The molecule has 0 aliphatic heterocycles. The van der Waals surface area contributed by atoms with Crippen LogP contribution >= 0.6 is 0 Å². The molecule has 2 aliphatic rings. The molecule has 1 heteroatoms. The molecule has 4 rings (SSSR count). The molecule has 1 nitrogen and oxygen atoms in total. The zero-order valence-corrected chi connectivity index (χ0v) is 13.9. The first kappa shape index (κ1) is 14.0. The molecule has 0 aromatic heterocycles. The molecule has 114 valence electrons. The fourth-order valence-electron chi connectivity index (χ4n) is 5.18. The standard InChI is InChI=1S/C21H24O/c1-19(2)13-21(16-11-7-5-9-14(16)19)17-12-8-6-10-15(17)20(3,4)18(21)22/h5-12,18,22H,13H2,1-4H3. The van der Waals surface area contributed by atoms with Gasteiger partial charge in [0.25, 0.3) is 0 Å². The highest BCUT2D eigenvalue weighted by molar-refractivity contribution is 5.61. The smallest absolute Gasteiger partial charge is 0.0769 e. The first-order valence-electron chi connectivity index (χ1n) is 8.20. The van der Waals surface area contributed by atoms with Gasteiger partial charge in [-0.05, 0) is 34.1 Å². The number of aliphatic hydroxyl groups excluding tert-OH is 1. The molecule has 1 spiro atoms. The Labute approximate surface area is 133 Å². The van der Waals surface area contributed by atoms with Gasteiger partial charge in [0, 0.05) is 10.8 Å². The summed E-state index contributed by atoms with van der Waals surface area (Å²) in [6.07, 6.45) is 0.585. The number of rotatable bonds is 0. The number of hydrogen-bond acceptors (Lipinski definition) is 1. The molecule has 0 amide bonds. The summed E-state index contributed by atoms with van der Waals surface area (Å²) >= 11 is 0. The van der Waals surface area contributed by atoms with Crippen molar-refractivity contribution in [2.45, 2.75) is 56.5 Å². The van der Waals surface area contributed by atoms with Gasteiger partial charge in [0.15, 0.2) is 0 Å². The molecule has 0 fully saturated rings. The molecule has 0 radical (unpaired) electrons. The van der Waals surface area contributed by atoms with Crippen molar-refractivity contribution in [3.05, 3.63) is 70.8 Å². The Bertz CT molecular complexity index is 743. The molecular weight excluding hydrogens is 268 g/mol. The van der Waals surface area contributed by atoms with E-state index in [1.165, 1.54) is 22.3 Å². The third kappa shape index (κ3) is 1.43. The van der Waals surface area contributed by atoms with E-state index in [-0.39, 0.29) is 22.3 Å². The summed E-state index contributed by atoms with van der Waals surface area (Å²) in [4.78, 5) is 0.